The third-order valence-corrected chi connectivity index (χ3v) is 5.10. The van der Waals surface area contributed by atoms with E-state index in [1.807, 2.05) is 5.38 Å². The SMILES string of the molecule is COCCN(C(C)=O)c1nc(CN2CCC(C)(CN)C2)cs1.Cl.Cl. The van der Waals surface area contributed by atoms with Gasteiger partial charge in [0.2, 0.25) is 5.91 Å². The molecule has 1 saturated heterocycles. The van der Waals surface area contributed by atoms with Gasteiger partial charge < -0.3 is 10.5 Å². The van der Waals surface area contributed by atoms with E-state index in [0.29, 0.717) is 13.2 Å². The van der Waals surface area contributed by atoms with Crippen molar-refractivity contribution >= 4 is 47.2 Å². The molecule has 0 spiro atoms. The number of methoxy groups -OCH3 is 1. The van der Waals surface area contributed by atoms with E-state index < -0.39 is 0 Å². The molecule has 1 aromatic rings. The van der Waals surface area contributed by atoms with Crippen molar-refractivity contribution in [2.24, 2.45) is 11.1 Å². The average molecular weight is 399 g/mol. The predicted molar refractivity (Wildman–Crippen MR) is 104 cm³/mol. The lowest BCUT2D eigenvalue weighted by molar-refractivity contribution is -0.116. The molecule has 0 radical (unpaired) electrons. The highest BCUT2D eigenvalue weighted by Crippen LogP contribution is 2.30. The molecule has 6 nitrogen and oxygen atoms in total. The summed E-state index contributed by atoms with van der Waals surface area (Å²) < 4.78 is 5.06. The fraction of sp³-hybridized carbons (Fsp3) is 0.733. The van der Waals surface area contributed by atoms with Crippen LogP contribution in [0.15, 0.2) is 5.38 Å². The van der Waals surface area contributed by atoms with Gasteiger partial charge in [0.15, 0.2) is 5.13 Å². The maximum absolute atomic E-state index is 11.7. The minimum Gasteiger partial charge on any atom is -0.383 e. The van der Waals surface area contributed by atoms with Gasteiger partial charge in [0.25, 0.3) is 0 Å². The zero-order valence-corrected chi connectivity index (χ0v) is 16.9. The van der Waals surface area contributed by atoms with E-state index in [4.69, 9.17) is 10.5 Å². The van der Waals surface area contributed by atoms with Crippen LogP contribution >= 0.6 is 36.2 Å². The van der Waals surface area contributed by atoms with Crippen molar-refractivity contribution in [1.29, 1.82) is 0 Å². The topological polar surface area (TPSA) is 71.7 Å². The van der Waals surface area contributed by atoms with Crippen molar-refractivity contribution < 1.29 is 9.53 Å². The number of hydrogen-bond acceptors (Lipinski definition) is 6. The third kappa shape index (κ3) is 6.13. The molecule has 0 saturated carbocycles. The number of nitrogens with zero attached hydrogens (tertiary/aromatic N) is 3. The Labute approximate surface area is 160 Å². The van der Waals surface area contributed by atoms with Gasteiger partial charge >= 0.3 is 0 Å². The monoisotopic (exact) mass is 398 g/mol. The highest BCUT2D eigenvalue weighted by atomic mass is 35.5. The largest absolute Gasteiger partial charge is 0.383 e. The second-order valence-electron chi connectivity index (χ2n) is 6.26. The molecular weight excluding hydrogens is 371 g/mol. The van der Waals surface area contributed by atoms with Gasteiger partial charge in [-0.25, -0.2) is 4.98 Å². The Morgan fingerprint density at radius 1 is 1.54 bits per heavy atom. The zero-order chi connectivity index (χ0) is 16.2. The van der Waals surface area contributed by atoms with Crippen molar-refractivity contribution in [2.45, 2.75) is 26.8 Å². The number of amides is 1. The van der Waals surface area contributed by atoms with Crippen LogP contribution in [0, 0.1) is 5.41 Å². The van der Waals surface area contributed by atoms with E-state index in [2.05, 4.69) is 16.8 Å². The number of rotatable bonds is 7. The Bertz CT molecular complexity index is 517. The molecule has 1 aliphatic heterocycles. The smallest absolute Gasteiger partial charge is 0.225 e. The number of carbonyl (C=O) groups is 1. The van der Waals surface area contributed by atoms with Crippen LogP contribution in [-0.4, -0.2) is 55.7 Å². The van der Waals surface area contributed by atoms with Crippen molar-refractivity contribution in [3.05, 3.63) is 11.1 Å². The number of carbonyl (C=O) groups excluding carboxylic acids is 1. The molecule has 1 fully saturated rings. The van der Waals surface area contributed by atoms with E-state index in [1.165, 1.54) is 11.3 Å². The first kappa shape index (κ1) is 23.6. The Hall–Kier alpha value is -0.440. The van der Waals surface area contributed by atoms with Crippen LogP contribution in [0.3, 0.4) is 0 Å². The van der Waals surface area contributed by atoms with Gasteiger partial charge in [0.1, 0.15) is 0 Å². The summed E-state index contributed by atoms with van der Waals surface area (Å²) in [7, 11) is 1.63. The number of anilines is 1. The number of nitrogens with two attached hydrogens (primary N) is 1. The molecule has 9 heteroatoms. The summed E-state index contributed by atoms with van der Waals surface area (Å²) in [5, 5.41) is 2.79. The molecule has 1 atom stereocenters. The molecule has 0 aromatic carbocycles. The Balaban J connectivity index is 0.00000264. The van der Waals surface area contributed by atoms with E-state index >= 15 is 0 Å². The number of halogens is 2. The lowest BCUT2D eigenvalue weighted by atomic mass is 9.90. The normalized spacial score (nSPS) is 20.3. The molecule has 24 heavy (non-hydrogen) atoms. The summed E-state index contributed by atoms with van der Waals surface area (Å²) in [6, 6.07) is 0. The van der Waals surface area contributed by atoms with Gasteiger partial charge in [-0.2, -0.15) is 0 Å². The van der Waals surface area contributed by atoms with Crippen molar-refractivity contribution in [3.8, 4) is 0 Å². The number of thiazole rings is 1. The zero-order valence-electron chi connectivity index (χ0n) is 14.5. The molecule has 2 N–H and O–H groups in total. The summed E-state index contributed by atoms with van der Waals surface area (Å²) in [6.45, 7) is 8.45. The van der Waals surface area contributed by atoms with Crippen LogP contribution in [0.5, 0.6) is 0 Å². The van der Waals surface area contributed by atoms with E-state index in [9.17, 15) is 4.79 Å². The Kier molecular flexibility index (Phi) is 10.3. The van der Waals surface area contributed by atoms with E-state index in [-0.39, 0.29) is 36.1 Å². The quantitative estimate of drug-likeness (QED) is 0.761. The highest BCUT2D eigenvalue weighted by Gasteiger charge is 2.32. The Morgan fingerprint density at radius 3 is 2.79 bits per heavy atom. The Morgan fingerprint density at radius 2 is 2.25 bits per heavy atom. The van der Waals surface area contributed by atoms with Gasteiger partial charge in [0.05, 0.1) is 18.8 Å². The summed E-state index contributed by atoms with van der Waals surface area (Å²) in [4.78, 5) is 20.4. The molecule has 0 aliphatic carbocycles. The van der Waals surface area contributed by atoms with Crippen molar-refractivity contribution in [3.63, 3.8) is 0 Å². The van der Waals surface area contributed by atoms with Crippen LogP contribution in [-0.2, 0) is 16.1 Å². The van der Waals surface area contributed by atoms with Crippen molar-refractivity contribution in [2.75, 3.05) is 44.8 Å². The molecule has 1 aromatic heterocycles. The maximum Gasteiger partial charge on any atom is 0.225 e. The third-order valence-electron chi connectivity index (χ3n) is 4.18. The molecule has 0 bridgehead atoms. The fourth-order valence-electron chi connectivity index (χ4n) is 2.72. The van der Waals surface area contributed by atoms with Crippen LogP contribution in [0.25, 0.3) is 0 Å². The highest BCUT2D eigenvalue weighted by molar-refractivity contribution is 7.14. The fourth-order valence-corrected chi connectivity index (χ4v) is 3.61. The minimum atomic E-state index is -0.00479. The first-order valence-electron chi connectivity index (χ1n) is 7.61. The molecule has 1 unspecified atom stereocenters. The van der Waals surface area contributed by atoms with Gasteiger partial charge in [0, 0.05) is 32.5 Å². The predicted octanol–water partition coefficient (Wildman–Crippen LogP) is 2.16. The molecule has 140 valence electrons. The number of ether oxygens (including phenoxy) is 1. The van der Waals surface area contributed by atoms with E-state index in [0.717, 1.165) is 43.4 Å². The van der Waals surface area contributed by atoms with Crippen molar-refractivity contribution in [1.82, 2.24) is 9.88 Å². The van der Waals surface area contributed by atoms with Crippen LogP contribution in [0.2, 0.25) is 0 Å². The summed E-state index contributed by atoms with van der Waals surface area (Å²) in [6.07, 6.45) is 1.13. The average Bonchev–Trinajstić information content (AvgIpc) is 3.08. The van der Waals surface area contributed by atoms with E-state index in [1.54, 1.807) is 18.9 Å². The number of likely N-dealkylation sites (tertiary alicyclic amines) is 1. The molecule has 2 heterocycles. The lowest BCUT2D eigenvalue weighted by Gasteiger charge is -2.22. The summed E-state index contributed by atoms with van der Waals surface area (Å²) in [5.74, 6) is -0.00479. The first-order valence-corrected chi connectivity index (χ1v) is 8.49. The van der Waals surface area contributed by atoms with Crippen LogP contribution < -0.4 is 10.6 Å². The molecule has 1 aliphatic rings. The number of hydrogen-bond donors (Lipinski definition) is 1. The lowest BCUT2D eigenvalue weighted by Crippen LogP contribution is -2.32. The minimum absolute atomic E-state index is 0. The second kappa shape index (κ2) is 10.5. The van der Waals surface area contributed by atoms with Crippen LogP contribution in [0.1, 0.15) is 26.0 Å². The summed E-state index contributed by atoms with van der Waals surface area (Å²) in [5.41, 5.74) is 7.09. The standard InChI is InChI=1S/C15H26N4O2S.2ClH/c1-12(20)19(6-7-21-3)14-17-13(9-22-14)8-18-5-4-15(2,10-16)11-18;;/h9H,4-8,10-11,16H2,1-3H3;2*1H. The second-order valence-corrected chi connectivity index (χ2v) is 7.10. The van der Waals surface area contributed by atoms with Gasteiger partial charge in [-0.3, -0.25) is 14.6 Å². The molecule has 2 rings (SSSR count). The molecule has 1 amide bonds. The van der Waals surface area contributed by atoms with Gasteiger partial charge in [-0.05, 0) is 24.9 Å². The first-order chi connectivity index (χ1) is 10.5. The van der Waals surface area contributed by atoms with Gasteiger partial charge in [-0.1, -0.05) is 6.92 Å². The summed E-state index contributed by atoms with van der Waals surface area (Å²) >= 11 is 1.51. The van der Waals surface area contributed by atoms with Gasteiger partial charge in [-0.15, -0.1) is 36.2 Å². The maximum atomic E-state index is 11.7. The number of aromatic nitrogens is 1. The molecular formula is C15H28Cl2N4O2S. The van der Waals surface area contributed by atoms with Crippen LogP contribution in [0.4, 0.5) is 5.13 Å².